The van der Waals surface area contributed by atoms with Crippen LogP contribution >= 0.6 is 0 Å². The van der Waals surface area contributed by atoms with Gasteiger partial charge in [0.1, 0.15) is 5.75 Å². The molecule has 0 saturated carbocycles. The lowest BCUT2D eigenvalue weighted by Crippen LogP contribution is -2.24. The van der Waals surface area contributed by atoms with E-state index in [0.29, 0.717) is 17.7 Å². The number of rotatable bonds is 4. The van der Waals surface area contributed by atoms with Gasteiger partial charge in [0, 0.05) is 31.0 Å². The first-order valence-electron chi connectivity index (χ1n) is 7.75. The van der Waals surface area contributed by atoms with E-state index in [4.69, 9.17) is 4.74 Å². The second kappa shape index (κ2) is 6.72. The summed E-state index contributed by atoms with van der Waals surface area (Å²) in [6, 6.07) is 13.5. The lowest BCUT2D eigenvalue weighted by atomic mass is 9.98. The SMILES string of the molecule is COc1ccc([C@@H]2CC(c3cccc([N+](=O)[O-])c3)=NN2C(C)=O)cc1. The van der Waals surface area contributed by atoms with Gasteiger partial charge in [-0.2, -0.15) is 5.10 Å². The molecule has 2 aromatic rings. The van der Waals surface area contributed by atoms with Crippen LogP contribution in [-0.4, -0.2) is 28.7 Å². The predicted octanol–water partition coefficient (Wildman–Crippen LogP) is 3.30. The summed E-state index contributed by atoms with van der Waals surface area (Å²) >= 11 is 0. The van der Waals surface area contributed by atoms with Crippen LogP contribution in [0.5, 0.6) is 5.75 Å². The summed E-state index contributed by atoms with van der Waals surface area (Å²) in [5, 5.41) is 16.8. The summed E-state index contributed by atoms with van der Waals surface area (Å²) in [5.41, 5.74) is 2.24. The summed E-state index contributed by atoms with van der Waals surface area (Å²) < 4.78 is 5.16. The molecule has 2 aromatic carbocycles. The average Bonchev–Trinajstić information content (AvgIpc) is 3.07. The number of carbonyl (C=O) groups is 1. The number of benzene rings is 2. The van der Waals surface area contributed by atoms with Crippen LogP contribution in [0.2, 0.25) is 0 Å². The fourth-order valence-electron chi connectivity index (χ4n) is 2.86. The Kier molecular flexibility index (Phi) is 4.47. The van der Waals surface area contributed by atoms with E-state index in [1.165, 1.54) is 24.1 Å². The molecule has 1 aliphatic rings. The highest BCUT2D eigenvalue weighted by molar-refractivity contribution is 6.03. The van der Waals surface area contributed by atoms with Gasteiger partial charge in [0.15, 0.2) is 0 Å². The predicted molar refractivity (Wildman–Crippen MR) is 92.5 cm³/mol. The number of nitro benzene ring substituents is 1. The fraction of sp³-hybridized carbons (Fsp3) is 0.222. The van der Waals surface area contributed by atoms with Crippen molar-refractivity contribution < 1.29 is 14.5 Å². The van der Waals surface area contributed by atoms with Gasteiger partial charge in [-0.05, 0) is 17.7 Å². The summed E-state index contributed by atoms with van der Waals surface area (Å²) in [5.74, 6) is 0.553. The standard InChI is InChI=1S/C18H17N3O4/c1-12(22)20-18(13-6-8-16(25-2)9-7-13)11-17(19-20)14-4-3-5-15(10-14)21(23)24/h3-10,18H,11H2,1-2H3/t18-/m0/s1. The van der Waals surface area contributed by atoms with Gasteiger partial charge >= 0.3 is 0 Å². The van der Waals surface area contributed by atoms with Crippen LogP contribution in [-0.2, 0) is 4.79 Å². The Labute approximate surface area is 144 Å². The van der Waals surface area contributed by atoms with Gasteiger partial charge in [-0.1, -0.05) is 24.3 Å². The second-order valence-electron chi connectivity index (χ2n) is 5.71. The van der Waals surface area contributed by atoms with Crippen molar-refractivity contribution in [3.8, 4) is 5.75 Å². The summed E-state index contributed by atoms with van der Waals surface area (Å²) in [6.07, 6.45) is 0.493. The molecule has 1 amide bonds. The number of hydrogen-bond donors (Lipinski definition) is 0. The number of methoxy groups -OCH3 is 1. The van der Waals surface area contributed by atoms with Gasteiger partial charge in [-0.3, -0.25) is 14.9 Å². The first-order valence-corrected chi connectivity index (χ1v) is 7.75. The largest absolute Gasteiger partial charge is 0.497 e. The molecule has 0 radical (unpaired) electrons. The van der Waals surface area contributed by atoms with Crippen molar-refractivity contribution in [2.75, 3.05) is 7.11 Å². The highest BCUT2D eigenvalue weighted by Gasteiger charge is 2.31. The summed E-state index contributed by atoms with van der Waals surface area (Å²) in [7, 11) is 1.59. The third-order valence-corrected chi connectivity index (χ3v) is 4.12. The molecule has 128 valence electrons. The van der Waals surface area contributed by atoms with E-state index < -0.39 is 4.92 Å². The number of nitrogens with zero attached hydrogens (tertiary/aromatic N) is 3. The lowest BCUT2D eigenvalue weighted by Gasteiger charge is -2.20. The van der Waals surface area contributed by atoms with E-state index in [0.717, 1.165) is 11.3 Å². The minimum atomic E-state index is -0.442. The Morgan fingerprint density at radius 3 is 2.60 bits per heavy atom. The molecule has 25 heavy (non-hydrogen) atoms. The molecular weight excluding hydrogens is 322 g/mol. The molecule has 0 aromatic heterocycles. The van der Waals surface area contributed by atoms with Gasteiger partial charge in [0.05, 0.1) is 23.8 Å². The van der Waals surface area contributed by atoms with Crippen LogP contribution in [0.4, 0.5) is 5.69 Å². The van der Waals surface area contributed by atoms with E-state index in [9.17, 15) is 14.9 Å². The Hall–Kier alpha value is -3.22. The molecule has 1 heterocycles. The average molecular weight is 339 g/mol. The zero-order chi connectivity index (χ0) is 18.0. The maximum absolute atomic E-state index is 12.0. The normalized spacial score (nSPS) is 16.5. The van der Waals surface area contributed by atoms with E-state index in [2.05, 4.69) is 5.10 Å². The second-order valence-corrected chi connectivity index (χ2v) is 5.71. The molecule has 1 aliphatic heterocycles. The molecule has 0 N–H and O–H groups in total. The van der Waals surface area contributed by atoms with Crippen molar-refractivity contribution in [2.24, 2.45) is 5.10 Å². The van der Waals surface area contributed by atoms with E-state index in [1.807, 2.05) is 24.3 Å². The van der Waals surface area contributed by atoms with Crippen molar-refractivity contribution in [3.05, 3.63) is 69.8 Å². The number of hydrazone groups is 1. The highest BCUT2D eigenvalue weighted by Crippen LogP contribution is 2.34. The molecular formula is C18H17N3O4. The topological polar surface area (TPSA) is 85.0 Å². The van der Waals surface area contributed by atoms with Gasteiger partial charge < -0.3 is 4.74 Å². The van der Waals surface area contributed by atoms with Gasteiger partial charge in [0.25, 0.3) is 5.69 Å². The molecule has 0 saturated heterocycles. The molecule has 3 rings (SSSR count). The van der Waals surface area contributed by atoms with Crippen LogP contribution in [0.15, 0.2) is 53.6 Å². The van der Waals surface area contributed by atoms with Crippen molar-refractivity contribution in [1.29, 1.82) is 0 Å². The maximum Gasteiger partial charge on any atom is 0.270 e. The fourth-order valence-corrected chi connectivity index (χ4v) is 2.86. The molecule has 7 nitrogen and oxygen atoms in total. The number of carbonyl (C=O) groups excluding carboxylic acids is 1. The third-order valence-electron chi connectivity index (χ3n) is 4.12. The molecule has 0 fully saturated rings. The van der Waals surface area contributed by atoms with E-state index in [-0.39, 0.29) is 17.6 Å². The quantitative estimate of drug-likeness (QED) is 0.632. The molecule has 0 aliphatic carbocycles. The van der Waals surface area contributed by atoms with Crippen molar-refractivity contribution >= 4 is 17.3 Å². The molecule has 0 spiro atoms. The number of non-ortho nitro benzene ring substituents is 1. The first kappa shape index (κ1) is 16.6. The van der Waals surface area contributed by atoms with Gasteiger partial charge in [0.2, 0.25) is 5.91 Å². The Morgan fingerprint density at radius 1 is 1.28 bits per heavy atom. The van der Waals surface area contributed by atoms with Crippen LogP contribution in [0, 0.1) is 10.1 Å². The smallest absolute Gasteiger partial charge is 0.270 e. The maximum atomic E-state index is 12.0. The zero-order valence-corrected chi connectivity index (χ0v) is 13.9. The number of amides is 1. The van der Waals surface area contributed by atoms with Crippen molar-refractivity contribution in [1.82, 2.24) is 5.01 Å². The molecule has 0 bridgehead atoms. The van der Waals surface area contributed by atoms with Crippen LogP contribution in [0.25, 0.3) is 0 Å². The van der Waals surface area contributed by atoms with Gasteiger partial charge in [-0.25, -0.2) is 5.01 Å². The highest BCUT2D eigenvalue weighted by atomic mass is 16.6. The molecule has 7 heteroatoms. The first-order chi connectivity index (χ1) is 12.0. The molecule has 1 atom stereocenters. The van der Waals surface area contributed by atoms with Crippen LogP contribution in [0.1, 0.15) is 30.5 Å². The van der Waals surface area contributed by atoms with Crippen LogP contribution < -0.4 is 4.74 Å². The molecule has 0 unspecified atom stereocenters. The summed E-state index contributed by atoms with van der Waals surface area (Å²) in [4.78, 5) is 22.5. The van der Waals surface area contributed by atoms with Crippen molar-refractivity contribution in [2.45, 2.75) is 19.4 Å². The minimum Gasteiger partial charge on any atom is -0.497 e. The summed E-state index contributed by atoms with van der Waals surface area (Å²) in [6.45, 7) is 1.45. The Balaban J connectivity index is 1.92. The van der Waals surface area contributed by atoms with Crippen molar-refractivity contribution in [3.63, 3.8) is 0 Å². The van der Waals surface area contributed by atoms with Gasteiger partial charge in [-0.15, -0.1) is 0 Å². The van der Waals surface area contributed by atoms with Crippen LogP contribution in [0.3, 0.4) is 0 Å². The van der Waals surface area contributed by atoms with E-state index >= 15 is 0 Å². The Morgan fingerprint density at radius 2 is 2.00 bits per heavy atom. The van der Waals surface area contributed by atoms with E-state index in [1.54, 1.807) is 19.2 Å². The third kappa shape index (κ3) is 3.35. The Bertz CT molecular complexity index is 846. The number of hydrogen-bond acceptors (Lipinski definition) is 5. The number of ether oxygens (including phenoxy) is 1. The monoisotopic (exact) mass is 339 g/mol. The lowest BCUT2D eigenvalue weighted by molar-refractivity contribution is -0.384. The minimum absolute atomic E-state index is 0.00229. The zero-order valence-electron chi connectivity index (χ0n) is 13.9. The number of nitro groups is 1.